The third-order valence-corrected chi connectivity index (χ3v) is 5.15. The van der Waals surface area contributed by atoms with E-state index in [1.54, 1.807) is 23.1 Å². The predicted molar refractivity (Wildman–Crippen MR) is 109 cm³/mol. The van der Waals surface area contributed by atoms with Gasteiger partial charge in [0, 0.05) is 25.2 Å². The van der Waals surface area contributed by atoms with Gasteiger partial charge in [0.1, 0.15) is 5.82 Å². The summed E-state index contributed by atoms with van der Waals surface area (Å²) in [5.41, 5.74) is 2.44. The Morgan fingerprint density at radius 3 is 2.54 bits per heavy atom. The maximum absolute atomic E-state index is 13.7. The lowest BCUT2D eigenvalue weighted by atomic mass is 9.85. The van der Waals surface area contributed by atoms with Crippen LogP contribution in [0.4, 0.5) is 10.1 Å². The van der Waals surface area contributed by atoms with E-state index in [4.69, 9.17) is 0 Å². The molecule has 1 aliphatic heterocycles. The Kier molecular flexibility index (Phi) is 5.82. The van der Waals surface area contributed by atoms with Crippen molar-refractivity contribution in [2.45, 2.75) is 39.0 Å². The lowest BCUT2D eigenvalue weighted by molar-refractivity contribution is -0.126. The maximum atomic E-state index is 13.7. The molecule has 148 valence electrons. The highest BCUT2D eigenvalue weighted by molar-refractivity contribution is 6.01. The van der Waals surface area contributed by atoms with Crippen molar-refractivity contribution in [2.75, 3.05) is 18.0 Å². The van der Waals surface area contributed by atoms with Gasteiger partial charge < -0.3 is 10.2 Å². The molecule has 28 heavy (non-hydrogen) atoms. The van der Waals surface area contributed by atoms with Gasteiger partial charge in [-0.05, 0) is 35.1 Å². The van der Waals surface area contributed by atoms with Crippen LogP contribution in [0.15, 0.2) is 48.5 Å². The highest BCUT2D eigenvalue weighted by Gasteiger charge is 2.36. The molecule has 1 aliphatic rings. The van der Waals surface area contributed by atoms with Crippen molar-refractivity contribution in [3.8, 4) is 0 Å². The number of carbonyl (C=O) groups excluding carboxylic acids is 2. The number of benzene rings is 2. The molecule has 1 heterocycles. The fraction of sp³-hybridized carbons (Fsp3) is 0.391. The average Bonchev–Trinajstić information content (AvgIpc) is 3.04. The molecule has 1 N–H and O–H groups in total. The second-order valence-corrected chi connectivity index (χ2v) is 8.30. The first-order valence-electron chi connectivity index (χ1n) is 9.68. The lowest BCUT2D eigenvalue weighted by Gasteiger charge is -2.27. The van der Waals surface area contributed by atoms with Gasteiger partial charge in [0.25, 0.3) is 0 Å². The van der Waals surface area contributed by atoms with Crippen LogP contribution in [0.2, 0.25) is 0 Å². The molecular formula is C23H27FN2O2. The summed E-state index contributed by atoms with van der Waals surface area (Å²) >= 11 is 0. The standard InChI is InChI=1S/C23H27FN2O2/c1-23(2,3)18-9-5-7-11-20(18)26-15-17(14-21(26)27)22(28)25-13-12-16-8-4-6-10-19(16)24/h4-11,17H,12-15H2,1-3H3,(H,25,28). The first-order chi connectivity index (χ1) is 13.3. The molecule has 1 saturated heterocycles. The SMILES string of the molecule is CC(C)(C)c1ccccc1N1CC(C(=O)NCCc2ccccc2F)CC1=O. The molecule has 0 aromatic heterocycles. The molecule has 0 saturated carbocycles. The number of rotatable bonds is 5. The summed E-state index contributed by atoms with van der Waals surface area (Å²) in [6, 6.07) is 14.4. The third-order valence-electron chi connectivity index (χ3n) is 5.15. The normalized spacial score (nSPS) is 17.1. The quantitative estimate of drug-likeness (QED) is 0.854. The molecular weight excluding hydrogens is 355 g/mol. The van der Waals surface area contributed by atoms with Crippen LogP contribution in [-0.2, 0) is 21.4 Å². The number of anilines is 1. The van der Waals surface area contributed by atoms with Crippen LogP contribution in [0, 0.1) is 11.7 Å². The molecule has 0 radical (unpaired) electrons. The molecule has 0 aliphatic carbocycles. The molecule has 4 nitrogen and oxygen atoms in total. The molecule has 1 fully saturated rings. The second kappa shape index (κ2) is 8.13. The van der Waals surface area contributed by atoms with Crippen molar-refractivity contribution in [1.29, 1.82) is 0 Å². The lowest BCUT2D eigenvalue weighted by Crippen LogP contribution is -2.34. The van der Waals surface area contributed by atoms with E-state index in [0.717, 1.165) is 11.3 Å². The van der Waals surface area contributed by atoms with E-state index < -0.39 is 0 Å². The van der Waals surface area contributed by atoms with E-state index in [0.29, 0.717) is 25.1 Å². The zero-order chi connectivity index (χ0) is 20.3. The number of amides is 2. The molecule has 0 spiro atoms. The van der Waals surface area contributed by atoms with E-state index >= 15 is 0 Å². The summed E-state index contributed by atoms with van der Waals surface area (Å²) in [6.45, 7) is 7.05. The molecule has 1 atom stereocenters. The summed E-state index contributed by atoms with van der Waals surface area (Å²) in [6.07, 6.45) is 0.625. The average molecular weight is 382 g/mol. The number of halogens is 1. The summed E-state index contributed by atoms with van der Waals surface area (Å²) < 4.78 is 13.7. The first-order valence-corrected chi connectivity index (χ1v) is 9.68. The van der Waals surface area contributed by atoms with Gasteiger partial charge >= 0.3 is 0 Å². The van der Waals surface area contributed by atoms with E-state index in [9.17, 15) is 14.0 Å². The number of nitrogens with zero attached hydrogens (tertiary/aromatic N) is 1. The van der Waals surface area contributed by atoms with Crippen molar-refractivity contribution in [1.82, 2.24) is 5.32 Å². The molecule has 5 heteroatoms. The van der Waals surface area contributed by atoms with Crippen LogP contribution in [0.3, 0.4) is 0 Å². The van der Waals surface area contributed by atoms with Crippen molar-refractivity contribution in [3.05, 3.63) is 65.5 Å². The number of para-hydroxylation sites is 1. The molecule has 2 aromatic carbocycles. The fourth-order valence-corrected chi connectivity index (χ4v) is 3.63. The topological polar surface area (TPSA) is 49.4 Å². The van der Waals surface area contributed by atoms with Crippen molar-refractivity contribution >= 4 is 17.5 Å². The summed E-state index contributed by atoms with van der Waals surface area (Å²) in [5.74, 6) is -0.842. The van der Waals surface area contributed by atoms with Crippen molar-refractivity contribution in [3.63, 3.8) is 0 Å². The Balaban J connectivity index is 1.63. The fourth-order valence-electron chi connectivity index (χ4n) is 3.63. The largest absolute Gasteiger partial charge is 0.355 e. The minimum Gasteiger partial charge on any atom is -0.355 e. The first kappa shape index (κ1) is 20.1. The van der Waals surface area contributed by atoms with Gasteiger partial charge in [-0.25, -0.2) is 4.39 Å². The van der Waals surface area contributed by atoms with E-state index in [1.807, 2.05) is 24.3 Å². The van der Waals surface area contributed by atoms with Crippen LogP contribution < -0.4 is 10.2 Å². The Labute approximate surface area is 165 Å². The van der Waals surface area contributed by atoms with Gasteiger partial charge in [0.15, 0.2) is 0 Å². The summed E-state index contributed by atoms with van der Waals surface area (Å²) in [7, 11) is 0. The van der Waals surface area contributed by atoms with E-state index in [1.165, 1.54) is 6.07 Å². The van der Waals surface area contributed by atoms with Crippen LogP contribution >= 0.6 is 0 Å². The highest BCUT2D eigenvalue weighted by Crippen LogP contribution is 2.35. The molecule has 2 amide bonds. The van der Waals surface area contributed by atoms with E-state index in [2.05, 4.69) is 26.1 Å². The summed E-state index contributed by atoms with van der Waals surface area (Å²) in [4.78, 5) is 26.9. The van der Waals surface area contributed by atoms with Crippen LogP contribution in [0.5, 0.6) is 0 Å². The maximum Gasteiger partial charge on any atom is 0.227 e. The molecule has 0 bridgehead atoms. The van der Waals surface area contributed by atoms with Gasteiger partial charge in [-0.3, -0.25) is 9.59 Å². The van der Waals surface area contributed by atoms with Crippen LogP contribution in [0.25, 0.3) is 0 Å². The van der Waals surface area contributed by atoms with Crippen molar-refractivity contribution in [2.24, 2.45) is 5.92 Å². The third kappa shape index (κ3) is 4.41. The Bertz CT molecular complexity index is 873. The molecule has 3 rings (SSSR count). The Morgan fingerprint density at radius 1 is 1.14 bits per heavy atom. The predicted octanol–water partition coefficient (Wildman–Crippen LogP) is 3.84. The minimum atomic E-state index is -0.388. The number of nitrogens with one attached hydrogen (secondary N) is 1. The Hall–Kier alpha value is -2.69. The van der Waals surface area contributed by atoms with Gasteiger partial charge in [0.2, 0.25) is 11.8 Å². The Morgan fingerprint density at radius 2 is 1.82 bits per heavy atom. The van der Waals surface area contributed by atoms with E-state index in [-0.39, 0.29) is 35.4 Å². The van der Waals surface area contributed by atoms with Crippen LogP contribution in [-0.4, -0.2) is 24.9 Å². The number of hydrogen-bond acceptors (Lipinski definition) is 2. The zero-order valence-corrected chi connectivity index (χ0v) is 16.7. The zero-order valence-electron chi connectivity index (χ0n) is 16.7. The summed E-state index contributed by atoms with van der Waals surface area (Å²) in [5, 5.41) is 2.85. The van der Waals surface area contributed by atoms with Gasteiger partial charge in [-0.2, -0.15) is 0 Å². The second-order valence-electron chi connectivity index (χ2n) is 8.30. The van der Waals surface area contributed by atoms with Crippen LogP contribution in [0.1, 0.15) is 38.3 Å². The number of carbonyl (C=O) groups is 2. The van der Waals surface area contributed by atoms with Gasteiger partial charge in [0.05, 0.1) is 5.92 Å². The van der Waals surface area contributed by atoms with Crippen molar-refractivity contribution < 1.29 is 14.0 Å². The van der Waals surface area contributed by atoms with Gasteiger partial charge in [-0.1, -0.05) is 57.2 Å². The monoisotopic (exact) mass is 382 g/mol. The number of hydrogen-bond donors (Lipinski definition) is 1. The van der Waals surface area contributed by atoms with Gasteiger partial charge in [-0.15, -0.1) is 0 Å². The minimum absolute atomic E-state index is 0.0362. The smallest absolute Gasteiger partial charge is 0.227 e. The highest BCUT2D eigenvalue weighted by atomic mass is 19.1. The molecule has 1 unspecified atom stereocenters. The molecule has 2 aromatic rings.